The maximum Gasteiger partial charge on any atom is 0.118 e. The fraction of sp³-hybridized carbons (Fsp3) is 0.400. The average Bonchev–Trinajstić information content (AvgIpc) is 1.69. The zero-order chi connectivity index (χ0) is 5.11. The lowest BCUT2D eigenvalue weighted by Gasteiger charge is -1.99. The lowest BCUT2D eigenvalue weighted by atomic mass is 10.2. The van der Waals surface area contributed by atoms with Crippen LogP contribution in [0.5, 0.6) is 0 Å². The van der Waals surface area contributed by atoms with Gasteiger partial charge >= 0.3 is 0 Å². The average molecular weight is 97.1 g/mol. The molecule has 0 bridgehead atoms. The topological polar surface area (TPSA) is 21.6 Å². The molecule has 1 heterocycles. The van der Waals surface area contributed by atoms with E-state index in [1.807, 2.05) is 13.0 Å². The van der Waals surface area contributed by atoms with E-state index in [-0.39, 0.29) is 0 Å². The molecule has 0 saturated heterocycles. The van der Waals surface area contributed by atoms with E-state index in [0.717, 1.165) is 0 Å². The molecule has 1 atom stereocenters. The highest BCUT2D eigenvalue weighted by Gasteiger charge is 1.93. The molecule has 1 aliphatic rings. The molecular weight excluding hydrogens is 90.1 g/mol. The molecule has 0 fully saturated rings. The highest BCUT2D eigenvalue weighted by Crippen LogP contribution is 1.98. The van der Waals surface area contributed by atoms with Gasteiger partial charge in [-0.2, -0.15) is 0 Å². The molecular formula is C5H7NO. The minimum Gasteiger partial charge on any atom is -0.365 e. The van der Waals surface area contributed by atoms with E-state index in [9.17, 15) is 0 Å². The van der Waals surface area contributed by atoms with Crippen LogP contribution in [0.1, 0.15) is 6.92 Å². The van der Waals surface area contributed by atoms with E-state index in [2.05, 4.69) is 9.99 Å². The molecule has 1 unspecified atom stereocenters. The first kappa shape index (κ1) is 4.37. The Labute approximate surface area is 42.5 Å². The Morgan fingerprint density at radius 2 is 2.57 bits per heavy atom. The summed E-state index contributed by atoms with van der Waals surface area (Å²) in [6.07, 6.45) is 5.28. The molecule has 0 spiro atoms. The lowest BCUT2D eigenvalue weighted by molar-refractivity contribution is 0.261. The molecule has 0 aromatic heterocycles. The maximum atomic E-state index is 4.53. The van der Waals surface area contributed by atoms with Crippen LogP contribution in [0.2, 0.25) is 0 Å². The summed E-state index contributed by atoms with van der Waals surface area (Å²) in [6, 6.07) is 0. The van der Waals surface area contributed by atoms with Gasteiger partial charge in [0.25, 0.3) is 0 Å². The molecule has 38 valence electrons. The van der Waals surface area contributed by atoms with Crippen LogP contribution in [0.3, 0.4) is 0 Å². The molecule has 0 N–H and O–H groups in total. The second kappa shape index (κ2) is 1.78. The Morgan fingerprint density at radius 1 is 1.71 bits per heavy atom. The van der Waals surface area contributed by atoms with Crippen molar-refractivity contribution in [2.45, 2.75) is 6.92 Å². The third-order valence-electron chi connectivity index (χ3n) is 0.800. The molecule has 0 aliphatic carbocycles. The van der Waals surface area contributed by atoms with Crippen LogP contribution in [0.15, 0.2) is 17.5 Å². The van der Waals surface area contributed by atoms with Gasteiger partial charge in [0.1, 0.15) is 6.26 Å². The predicted molar refractivity (Wildman–Crippen MR) is 27.9 cm³/mol. The molecule has 0 saturated carbocycles. The Kier molecular flexibility index (Phi) is 1.11. The molecule has 0 aromatic rings. The van der Waals surface area contributed by atoms with Gasteiger partial charge in [0.05, 0.1) is 6.21 Å². The third-order valence-corrected chi connectivity index (χ3v) is 0.800. The molecule has 7 heavy (non-hydrogen) atoms. The van der Waals surface area contributed by atoms with Gasteiger partial charge in [-0.05, 0) is 6.08 Å². The normalized spacial score (nSPS) is 27.3. The summed E-state index contributed by atoms with van der Waals surface area (Å²) in [7, 11) is 0. The fourth-order valence-electron chi connectivity index (χ4n) is 0.375. The summed E-state index contributed by atoms with van der Waals surface area (Å²) in [5.74, 6) is 0.439. The first-order valence-electron chi connectivity index (χ1n) is 2.25. The number of nitrogens with zero attached hydrogens (tertiary/aromatic N) is 1. The van der Waals surface area contributed by atoms with Crippen LogP contribution in [0, 0.1) is 5.92 Å². The van der Waals surface area contributed by atoms with Crippen molar-refractivity contribution >= 4 is 6.21 Å². The van der Waals surface area contributed by atoms with E-state index < -0.39 is 0 Å². The monoisotopic (exact) mass is 97.1 g/mol. The first-order valence-corrected chi connectivity index (χ1v) is 2.25. The van der Waals surface area contributed by atoms with Crippen molar-refractivity contribution in [2.24, 2.45) is 11.1 Å². The molecule has 2 nitrogen and oxygen atoms in total. The van der Waals surface area contributed by atoms with Gasteiger partial charge in [0.2, 0.25) is 0 Å². The minimum absolute atomic E-state index is 0.439. The van der Waals surface area contributed by atoms with Crippen molar-refractivity contribution < 1.29 is 4.84 Å². The Bertz CT molecular complexity index is 94.6. The Morgan fingerprint density at radius 3 is 2.86 bits per heavy atom. The molecule has 2 heteroatoms. The van der Waals surface area contributed by atoms with E-state index in [0.29, 0.717) is 5.92 Å². The van der Waals surface area contributed by atoms with Gasteiger partial charge in [-0.1, -0.05) is 12.1 Å². The van der Waals surface area contributed by atoms with E-state index in [1.165, 1.54) is 0 Å². The minimum atomic E-state index is 0.439. The van der Waals surface area contributed by atoms with Gasteiger partial charge in [-0.3, -0.25) is 0 Å². The highest BCUT2D eigenvalue weighted by molar-refractivity contribution is 5.62. The second-order valence-corrected chi connectivity index (χ2v) is 1.55. The van der Waals surface area contributed by atoms with Crippen LogP contribution in [-0.2, 0) is 4.84 Å². The summed E-state index contributed by atoms with van der Waals surface area (Å²) in [4.78, 5) is 4.53. The number of hydrogen-bond donors (Lipinski definition) is 0. The van der Waals surface area contributed by atoms with Crippen LogP contribution in [-0.4, -0.2) is 6.21 Å². The fourth-order valence-corrected chi connectivity index (χ4v) is 0.375. The smallest absolute Gasteiger partial charge is 0.118 e. The predicted octanol–water partition coefficient (Wildman–Crippen LogP) is 1.15. The maximum absolute atomic E-state index is 4.53. The lowest BCUT2D eigenvalue weighted by Crippen LogP contribution is -1.94. The van der Waals surface area contributed by atoms with Crippen LogP contribution in [0.4, 0.5) is 0 Å². The second-order valence-electron chi connectivity index (χ2n) is 1.55. The van der Waals surface area contributed by atoms with Gasteiger partial charge in [0.15, 0.2) is 0 Å². The summed E-state index contributed by atoms with van der Waals surface area (Å²) >= 11 is 0. The molecule has 0 amide bonds. The number of rotatable bonds is 0. The van der Waals surface area contributed by atoms with Crippen molar-refractivity contribution in [3.8, 4) is 0 Å². The van der Waals surface area contributed by atoms with Crippen molar-refractivity contribution in [1.29, 1.82) is 0 Å². The van der Waals surface area contributed by atoms with Crippen LogP contribution in [0.25, 0.3) is 0 Å². The van der Waals surface area contributed by atoms with Crippen LogP contribution < -0.4 is 0 Å². The first-order chi connectivity index (χ1) is 3.39. The van der Waals surface area contributed by atoms with Gasteiger partial charge in [0, 0.05) is 5.92 Å². The zero-order valence-corrected chi connectivity index (χ0v) is 4.16. The Balaban J connectivity index is 2.49. The number of hydrogen-bond acceptors (Lipinski definition) is 2. The summed E-state index contributed by atoms with van der Waals surface area (Å²) < 4.78 is 0. The van der Waals surface area contributed by atoms with Crippen molar-refractivity contribution in [2.75, 3.05) is 0 Å². The van der Waals surface area contributed by atoms with Crippen molar-refractivity contribution in [3.63, 3.8) is 0 Å². The van der Waals surface area contributed by atoms with Crippen molar-refractivity contribution in [1.82, 2.24) is 0 Å². The summed E-state index contributed by atoms with van der Waals surface area (Å²) in [5.41, 5.74) is 0. The molecule has 0 aromatic carbocycles. The molecule has 1 rings (SSSR count). The quantitative estimate of drug-likeness (QED) is 0.444. The summed E-state index contributed by atoms with van der Waals surface area (Å²) in [6.45, 7) is 2.04. The van der Waals surface area contributed by atoms with Gasteiger partial charge in [-0.25, -0.2) is 0 Å². The number of oxime groups is 1. The van der Waals surface area contributed by atoms with Gasteiger partial charge < -0.3 is 4.84 Å². The number of allylic oxidation sites excluding steroid dienone is 1. The molecule has 0 radical (unpaired) electrons. The SMILES string of the molecule is CC1C=CON=C1. The van der Waals surface area contributed by atoms with Crippen molar-refractivity contribution in [3.05, 3.63) is 12.3 Å². The van der Waals surface area contributed by atoms with E-state index >= 15 is 0 Å². The summed E-state index contributed by atoms with van der Waals surface area (Å²) in [5, 5.41) is 3.55. The van der Waals surface area contributed by atoms with E-state index in [4.69, 9.17) is 0 Å². The van der Waals surface area contributed by atoms with E-state index in [1.54, 1.807) is 12.5 Å². The highest BCUT2D eigenvalue weighted by atomic mass is 16.6. The van der Waals surface area contributed by atoms with Crippen LogP contribution >= 0.6 is 0 Å². The zero-order valence-electron chi connectivity index (χ0n) is 4.16. The standard InChI is InChI=1S/C5H7NO/c1-5-2-3-7-6-4-5/h2-5H,1H3. The molecule has 1 aliphatic heterocycles. The largest absolute Gasteiger partial charge is 0.365 e. The Hall–Kier alpha value is -0.790. The third kappa shape index (κ3) is 1.03. The van der Waals surface area contributed by atoms with Gasteiger partial charge in [-0.15, -0.1) is 0 Å².